The van der Waals surface area contributed by atoms with Crippen molar-refractivity contribution in [3.8, 4) is 0 Å². The maximum Gasteiger partial charge on any atom is 0.338 e. The molecule has 23 heavy (non-hydrogen) atoms. The molecule has 0 saturated carbocycles. The molecule has 1 aromatic carbocycles. The van der Waals surface area contributed by atoms with E-state index in [9.17, 15) is 18.3 Å². The summed E-state index contributed by atoms with van der Waals surface area (Å²) in [5.74, 6) is -0.663. The number of aliphatic hydroxyl groups excluding tert-OH is 1. The number of aliphatic hydroxyl groups is 1. The topological polar surface area (TPSA) is 80.7 Å². The number of esters is 1. The van der Waals surface area contributed by atoms with Gasteiger partial charge < -0.3 is 9.84 Å². The van der Waals surface area contributed by atoms with Crippen LogP contribution in [0, 0.1) is 0 Å². The fraction of sp³-hybridized carbons (Fsp3) is 0.471. The highest BCUT2D eigenvalue weighted by atomic mass is 32.2. The predicted octanol–water partition coefficient (Wildman–Crippen LogP) is 2.18. The average Bonchev–Trinajstić information content (AvgIpc) is 2.68. The van der Waals surface area contributed by atoms with Gasteiger partial charge in [0.2, 0.25) is 0 Å². The molecule has 5 nitrogen and oxygen atoms in total. The van der Waals surface area contributed by atoms with Gasteiger partial charge in [-0.15, -0.1) is 0 Å². The van der Waals surface area contributed by atoms with Crippen molar-refractivity contribution in [2.24, 2.45) is 0 Å². The summed E-state index contributed by atoms with van der Waals surface area (Å²) in [5.41, 5.74) is -0.147. The molecular weight excluding hydrogens is 316 g/mol. The molecule has 1 aliphatic rings. The van der Waals surface area contributed by atoms with Crippen molar-refractivity contribution in [3.05, 3.63) is 47.0 Å². The quantitative estimate of drug-likeness (QED) is 0.832. The molecule has 126 valence electrons. The van der Waals surface area contributed by atoms with Gasteiger partial charge >= 0.3 is 5.97 Å². The summed E-state index contributed by atoms with van der Waals surface area (Å²) in [6.07, 6.45) is 0.231. The molecule has 0 radical (unpaired) electrons. The van der Waals surface area contributed by atoms with E-state index in [1.54, 1.807) is 51.1 Å². The minimum absolute atomic E-state index is 0.0403. The monoisotopic (exact) mass is 338 g/mol. The third kappa shape index (κ3) is 3.33. The first-order chi connectivity index (χ1) is 10.6. The highest BCUT2D eigenvalue weighted by molar-refractivity contribution is 7.91. The van der Waals surface area contributed by atoms with Crippen molar-refractivity contribution in [1.29, 1.82) is 0 Å². The molecule has 0 aromatic heterocycles. The van der Waals surface area contributed by atoms with Gasteiger partial charge in [0.25, 0.3) is 0 Å². The van der Waals surface area contributed by atoms with E-state index in [1.165, 1.54) is 0 Å². The Hall–Kier alpha value is -1.66. The van der Waals surface area contributed by atoms with Crippen molar-refractivity contribution in [3.63, 3.8) is 0 Å². The van der Waals surface area contributed by atoms with Crippen molar-refractivity contribution in [2.75, 3.05) is 6.26 Å². The summed E-state index contributed by atoms with van der Waals surface area (Å²) in [6.45, 7) is 5.04. The first-order valence-electron chi connectivity index (χ1n) is 7.49. The van der Waals surface area contributed by atoms with Crippen LogP contribution >= 0.6 is 0 Å². The lowest BCUT2D eigenvalue weighted by Crippen LogP contribution is -2.34. The van der Waals surface area contributed by atoms with Gasteiger partial charge in [-0.2, -0.15) is 0 Å². The molecule has 2 atom stereocenters. The van der Waals surface area contributed by atoms with Gasteiger partial charge in [0.15, 0.2) is 9.84 Å². The van der Waals surface area contributed by atoms with Crippen molar-refractivity contribution in [1.82, 2.24) is 0 Å². The predicted molar refractivity (Wildman–Crippen MR) is 87.5 cm³/mol. The zero-order valence-electron chi connectivity index (χ0n) is 13.7. The third-order valence-electron chi connectivity index (χ3n) is 4.10. The summed E-state index contributed by atoms with van der Waals surface area (Å²) >= 11 is 0. The molecule has 0 bridgehead atoms. The fourth-order valence-corrected chi connectivity index (χ4v) is 4.56. The average molecular weight is 338 g/mol. The van der Waals surface area contributed by atoms with E-state index in [4.69, 9.17) is 4.74 Å². The van der Waals surface area contributed by atoms with Gasteiger partial charge in [-0.05, 0) is 25.8 Å². The lowest BCUT2D eigenvalue weighted by molar-refractivity contribution is -0.145. The molecule has 0 saturated heterocycles. The molecule has 1 heterocycles. The van der Waals surface area contributed by atoms with Crippen LogP contribution in [0.2, 0.25) is 0 Å². The zero-order valence-corrected chi connectivity index (χ0v) is 14.6. The van der Waals surface area contributed by atoms with Crippen LogP contribution < -0.4 is 0 Å². The fourth-order valence-electron chi connectivity index (χ4n) is 3.12. The summed E-state index contributed by atoms with van der Waals surface area (Å²) < 4.78 is 29.7. The molecule has 1 N–H and O–H groups in total. The van der Waals surface area contributed by atoms with E-state index in [2.05, 4.69) is 0 Å². The van der Waals surface area contributed by atoms with Crippen LogP contribution in [0.5, 0.6) is 0 Å². The van der Waals surface area contributed by atoms with Crippen LogP contribution in [-0.4, -0.2) is 36.6 Å². The first kappa shape index (κ1) is 17.7. The second-order valence-corrected chi connectivity index (χ2v) is 8.49. The Bertz CT molecular complexity index is 732. The van der Waals surface area contributed by atoms with Crippen molar-refractivity contribution < 1.29 is 23.1 Å². The van der Waals surface area contributed by atoms with Crippen LogP contribution in [-0.2, 0) is 19.4 Å². The Labute approximate surface area is 136 Å². The number of carbonyl (C=O) groups excluding carboxylic acids is 1. The minimum Gasteiger partial charge on any atom is -0.452 e. The lowest BCUT2D eigenvalue weighted by atomic mass is 9.88. The van der Waals surface area contributed by atoms with Gasteiger partial charge in [-0.25, -0.2) is 13.2 Å². The van der Waals surface area contributed by atoms with E-state index in [0.717, 1.165) is 6.26 Å². The maximum absolute atomic E-state index is 12.3. The highest BCUT2D eigenvalue weighted by Crippen LogP contribution is 2.42. The third-order valence-corrected chi connectivity index (χ3v) is 5.71. The van der Waals surface area contributed by atoms with Crippen LogP contribution in [0.15, 0.2) is 41.5 Å². The highest BCUT2D eigenvalue weighted by Gasteiger charge is 2.48. The Morgan fingerprint density at radius 1 is 1.22 bits per heavy atom. The summed E-state index contributed by atoms with van der Waals surface area (Å²) in [7, 11) is -3.44. The number of hydrogen-bond acceptors (Lipinski definition) is 5. The zero-order chi connectivity index (χ0) is 17.4. The smallest absolute Gasteiger partial charge is 0.338 e. The Balaban J connectivity index is 2.67. The van der Waals surface area contributed by atoms with Crippen LogP contribution in [0.4, 0.5) is 0 Å². The molecule has 1 aromatic rings. The molecular formula is C17H22O5S. The molecule has 0 aliphatic carbocycles. The second kappa shape index (κ2) is 6.09. The molecule has 1 aliphatic heterocycles. The van der Waals surface area contributed by atoms with Crippen LogP contribution in [0.1, 0.15) is 38.9 Å². The number of rotatable bonds is 5. The van der Waals surface area contributed by atoms with Crippen molar-refractivity contribution in [2.45, 2.75) is 44.1 Å². The maximum atomic E-state index is 12.3. The number of sulfone groups is 1. The van der Waals surface area contributed by atoms with Gasteiger partial charge in [-0.1, -0.05) is 37.3 Å². The van der Waals surface area contributed by atoms with E-state index >= 15 is 0 Å². The standard InChI is InChI=1S/C17H22O5S/c1-5-12(23(4,20)21)14-13(16(19)22-17(14,2)3)15(18)11-9-7-6-8-10-11/h6-10,12,15,18H,5H2,1-4H3. The molecule has 0 fully saturated rings. The number of carbonyl (C=O) groups is 1. The molecule has 2 unspecified atom stereocenters. The summed E-state index contributed by atoms with van der Waals surface area (Å²) in [5, 5.41) is 9.79. The number of benzene rings is 1. The van der Waals surface area contributed by atoms with Crippen LogP contribution in [0.25, 0.3) is 0 Å². The minimum atomic E-state index is -3.44. The van der Waals surface area contributed by atoms with Gasteiger partial charge in [0, 0.05) is 11.8 Å². The Morgan fingerprint density at radius 3 is 2.26 bits per heavy atom. The second-order valence-electron chi connectivity index (χ2n) is 6.27. The van der Waals surface area contributed by atoms with E-state index in [-0.39, 0.29) is 5.57 Å². The van der Waals surface area contributed by atoms with E-state index in [1.807, 2.05) is 0 Å². The number of cyclic esters (lactones) is 1. The largest absolute Gasteiger partial charge is 0.452 e. The van der Waals surface area contributed by atoms with Gasteiger partial charge in [-0.3, -0.25) is 0 Å². The lowest BCUT2D eigenvalue weighted by Gasteiger charge is -2.27. The number of ether oxygens (including phenoxy) is 1. The SMILES string of the molecule is CCC(C1=C(C(O)c2ccccc2)C(=O)OC1(C)C)S(C)(=O)=O. The van der Waals surface area contributed by atoms with Gasteiger partial charge in [0.1, 0.15) is 11.7 Å². The van der Waals surface area contributed by atoms with E-state index < -0.39 is 32.8 Å². The summed E-state index contributed by atoms with van der Waals surface area (Å²) in [6, 6.07) is 8.68. The van der Waals surface area contributed by atoms with Crippen LogP contribution in [0.3, 0.4) is 0 Å². The molecule has 6 heteroatoms. The number of hydrogen-bond donors (Lipinski definition) is 1. The van der Waals surface area contributed by atoms with E-state index in [0.29, 0.717) is 17.6 Å². The molecule has 0 spiro atoms. The molecule has 0 amide bonds. The molecule has 2 rings (SSSR count). The van der Waals surface area contributed by atoms with Gasteiger partial charge in [0.05, 0.1) is 10.8 Å². The Morgan fingerprint density at radius 2 is 1.78 bits per heavy atom. The normalized spacial score (nSPS) is 20.3. The summed E-state index contributed by atoms with van der Waals surface area (Å²) in [4.78, 5) is 12.3. The Kier molecular flexibility index (Phi) is 4.69. The first-order valence-corrected chi connectivity index (χ1v) is 9.44. The van der Waals surface area contributed by atoms with Crippen molar-refractivity contribution >= 4 is 15.8 Å².